The van der Waals surface area contributed by atoms with Gasteiger partial charge in [0.25, 0.3) is 5.91 Å². The number of nitrogens with one attached hydrogen (secondary N) is 2. The highest BCUT2D eigenvalue weighted by Gasteiger charge is 2.45. The Labute approximate surface area is 184 Å². The molecule has 2 aliphatic heterocycles. The fraction of sp³-hybridized carbons (Fsp3) is 0.273. The van der Waals surface area contributed by atoms with Crippen LogP contribution in [0.15, 0.2) is 60.1 Å². The molecule has 0 fully saturated rings. The fourth-order valence-electron chi connectivity index (χ4n) is 3.82. The lowest BCUT2D eigenvalue weighted by atomic mass is 9.95. The highest BCUT2D eigenvalue weighted by atomic mass is 35.5. The Kier molecular flexibility index (Phi) is 5.65. The van der Waals surface area contributed by atoms with Crippen molar-refractivity contribution >= 4 is 29.4 Å². The molecule has 0 spiro atoms. The van der Waals surface area contributed by atoms with E-state index in [2.05, 4.69) is 15.6 Å². The molecular weight excluding hydrogens is 418 g/mol. The molecule has 0 radical (unpaired) electrons. The molecule has 31 heavy (non-hydrogen) atoms. The maximum Gasteiger partial charge on any atom is 0.322 e. The van der Waals surface area contributed by atoms with E-state index in [1.54, 1.807) is 56.7 Å². The molecule has 1 aromatic carbocycles. The number of likely N-dealkylation sites (N-methyl/N-ethyl adjacent to an activating group) is 1. The van der Waals surface area contributed by atoms with Crippen molar-refractivity contribution in [1.82, 2.24) is 25.4 Å². The smallest absolute Gasteiger partial charge is 0.322 e. The first-order valence-corrected chi connectivity index (χ1v) is 10.3. The van der Waals surface area contributed by atoms with Gasteiger partial charge in [0, 0.05) is 31.0 Å². The minimum Gasteiger partial charge on any atom is -0.350 e. The first-order chi connectivity index (χ1) is 14.9. The highest BCUT2D eigenvalue weighted by Crippen LogP contribution is 2.38. The van der Waals surface area contributed by atoms with Crippen LogP contribution < -0.4 is 10.6 Å². The van der Waals surface area contributed by atoms with E-state index in [0.29, 0.717) is 28.4 Å². The summed E-state index contributed by atoms with van der Waals surface area (Å²) in [7, 11) is 1.61. The molecule has 2 N–H and O–H groups in total. The number of halogens is 1. The van der Waals surface area contributed by atoms with Gasteiger partial charge in [0.15, 0.2) is 0 Å². The summed E-state index contributed by atoms with van der Waals surface area (Å²) in [6.07, 6.45) is 3.33. The molecule has 2 aromatic rings. The standard InChI is InChI=1S/C22H22ClN5O3/c1-13(20(29)25-11-14-6-5-9-24-10-14)28-12-17-18(21(28)30)19(26-22(31)27(17)2)15-7-3-4-8-16(15)23/h3-10,13,19H,11-12H2,1-2H3,(H,25,29)(H,26,31)/t13-,19-/m1/s1. The number of urea groups is 1. The molecule has 4 amide bonds. The zero-order chi connectivity index (χ0) is 22.1. The summed E-state index contributed by atoms with van der Waals surface area (Å²) in [5, 5.41) is 6.15. The minimum absolute atomic E-state index is 0.167. The lowest BCUT2D eigenvalue weighted by Crippen LogP contribution is -2.46. The maximum absolute atomic E-state index is 13.4. The van der Waals surface area contributed by atoms with Crippen LogP contribution in [0.4, 0.5) is 4.79 Å². The molecule has 1 aromatic heterocycles. The van der Waals surface area contributed by atoms with E-state index in [9.17, 15) is 14.4 Å². The van der Waals surface area contributed by atoms with Crippen molar-refractivity contribution in [2.45, 2.75) is 25.6 Å². The van der Waals surface area contributed by atoms with Crippen molar-refractivity contribution < 1.29 is 14.4 Å². The van der Waals surface area contributed by atoms with Gasteiger partial charge in [-0.3, -0.25) is 19.5 Å². The second kappa shape index (κ2) is 8.39. The Morgan fingerprint density at radius 1 is 1.29 bits per heavy atom. The fourth-order valence-corrected chi connectivity index (χ4v) is 4.07. The number of benzene rings is 1. The van der Waals surface area contributed by atoms with Crippen molar-refractivity contribution in [3.05, 3.63) is 76.2 Å². The molecular formula is C22H22ClN5O3. The number of hydrogen-bond acceptors (Lipinski definition) is 4. The van der Waals surface area contributed by atoms with E-state index < -0.39 is 12.1 Å². The van der Waals surface area contributed by atoms with Crippen LogP contribution in [0.2, 0.25) is 5.02 Å². The van der Waals surface area contributed by atoms with Gasteiger partial charge in [-0.05, 0) is 30.2 Å². The molecule has 3 heterocycles. The number of carbonyl (C=O) groups excluding carboxylic acids is 3. The Morgan fingerprint density at radius 3 is 2.77 bits per heavy atom. The van der Waals surface area contributed by atoms with Crippen LogP contribution in [-0.4, -0.2) is 52.3 Å². The highest BCUT2D eigenvalue weighted by molar-refractivity contribution is 6.31. The molecule has 0 saturated carbocycles. The van der Waals surface area contributed by atoms with Gasteiger partial charge in [0.05, 0.1) is 23.9 Å². The van der Waals surface area contributed by atoms with Gasteiger partial charge in [-0.25, -0.2) is 4.79 Å². The number of carbonyl (C=O) groups is 3. The van der Waals surface area contributed by atoms with Crippen LogP contribution in [0.3, 0.4) is 0 Å². The van der Waals surface area contributed by atoms with Crippen molar-refractivity contribution in [2.24, 2.45) is 0 Å². The number of amides is 4. The minimum atomic E-state index is -0.717. The second-order valence-electron chi connectivity index (χ2n) is 7.51. The van der Waals surface area contributed by atoms with Gasteiger partial charge in [-0.2, -0.15) is 0 Å². The third-order valence-electron chi connectivity index (χ3n) is 5.64. The molecule has 160 valence electrons. The molecule has 0 bridgehead atoms. The van der Waals surface area contributed by atoms with Gasteiger partial charge < -0.3 is 15.5 Å². The zero-order valence-electron chi connectivity index (χ0n) is 17.1. The van der Waals surface area contributed by atoms with Gasteiger partial charge in [-0.15, -0.1) is 0 Å². The first kappa shape index (κ1) is 20.9. The van der Waals surface area contributed by atoms with E-state index in [4.69, 9.17) is 11.6 Å². The second-order valence-corrected chi connectivity index (χ2v) is 7.92. The number of nitrogens with zero attached hydrogens (tertiary/aromatic N) is 3. The first-order valence-electron chi connectivity index (χ1n) is 9.87. The molecule has 0 saturated heterocycles. The predicted octanol–water partition coefficient (Wildman–Crippen LogP) is 2.23. The molecule has 0 aliphatic carbocycles. The number of aromatic nitrogens is 1. The van der Waals surface area contributed by atoms with Crippen LogP contribution in [0.25, 0.3) is 0 Å². The third-order valence-corrected chi connectivity index (χ3v) is 5.99. The van der Waals surface area contributed by atoms with Gasteiger partial charge in [0.1, 0.15) is 6.04 Å². The van der Waals surface area contributed by atoms with Crippen LogP contribution >= 0.6 is 11.6 Å². The summed E-state index contributed by atoms with van der Waals surface area (Å²) in [5.41, 5.74) is 2.51. The lowest BCUT2D eigenvalue weighted by molar-refractivity contribution is -0.135. The number of hydrogen-bond donors (Lipinski definition) is 2. The van der Waals surface area contributed by atoms with Crippen molar-refractivity contribution in [1.29, 1.82) is 0 Å². The van der Waals surface area contributed by atoms with E-state index in [0.717, 1.165) is 5.56 Å². The van der Waals surface area contributed by atoms with Crippen LogP contribution in [0, 0.1) is 0 Å². The Balaban J connectivity index is 1.55. The molecule has 2 atom stereocenters. The molecule has 0 unspecified atom stereocenters. The van der Waals surface area contributed by atoms with Gasteiger partial charge >= 0.3 is 6.03 Å². The van der Waals surface area contributed by atoms with E-state index in [-0.39, 0.29) is 24.4 Å². The maximum atomic E-state index is 13.4. The van der Waals surface area contributed by atoms with Crippen LogP contribution in [0.5, 0.6) is 0 Å². The molecule has 2 aliphatic rings. The Hall–Kier alpha value is -3.39. The normalized spacial score (nSPS) is 19.3. The van der Waals surface area contributed by atoms with E-state index >= 15 is 0 Å². The summed E-state index contributed by atoms with van der Waals surface area (Å²) in [6, 6.07) is 9.03. The topological polar surface area (TPSA) is 94.6 Å². The average Bonchev–Trinajstić information content (AvgIpc) is 3.12. The number of pyridine rings is 1. The number of rotatable bonds is 5. The van der Waals surface area contributed by atoms with Crippen LogP contribution in [-0.2, 0) is 16.1 Å². The summed E-state index contributed by atoms with van der Waals surface area (Å²) in [4.78, 5) is 45.6. The largest absolute Gasteiger partial charge is 0.350 e. The van der Waals surface area contributed by atoms with E-state index in [1.807, 2.05) is 6.07 Å². The van der Waals surface area contributed by atoms with E-state index in [1.165, 1.54) is 9.80 Å². The Morgan fingerprint density at radius 2 is 2.06 bits per heavy atom. The summed E-state index contributed by atoms with van der Waals surface area (Å²) in [6.45, 7) is 2.16. The quantitative estimate of drug-likeness (QED) is 0.747. The summed E-state index contributed by atoms with van der Waals surface area (Å²) in [5.74, 6) is -0.580. The Bertz CT molecular complexity index is 1070. The van der Waals surface area contributed by atoms with Crippen molar-refractivity contribution in [3.63, 3.8) is 0 Å². The molecule has 8 nitrogen and oxygen atoms in total. The lowest BCUT2D eigenvalue weighted by Gasteiger charge is -2.31. The zero-order valence-corrected chi connectivity index (χ0v) is 17.9. The van der Waals surface area contributed by atoms with Crippen LogP contribution in [0.1, 0.15) is 24.1 Å². The SMILES string of the molecule is C[C@H](C(=O)NCc1cccnc1)N1CC2=C(C1=O)[C@@H](c1ccccc1Cl)NC(=O)N2C. The monoisotopic (exact) mass is 439 g/mol. The molecule has 4 rings (SSSR count). The van der Waals surface area contributed by atoms with Crippen molar-refractivity contribution in [3.8, 4) is 0 Å². The van der Waals surface area contributed by atoms with Crippen molar-refractivity contribution in [2.75, 3.05) is 13.6 Å². The summed E-state index contributed by atoms with van der Waals surface area (Å²) >= 11 is 6.35. The van der Waals surface area contributed by atoms with Gasteiger partial charge in [-0.1, -0.05) is 35.9 Å². The predicted molar refractivity (Wildman–Crippen MR) is 115 cm³/mol. The van der Waals surface area contributed by atoms with Gasteiger partial charge in [0.2, 0.25) is 5.91 Å². The molecule has 9 heteroatoms. The average molecular weight is 440 g/mol. The third kappa shape index (κ3) is 3.86. The summed E-state index contributed by atoms with van der Waals surface area (Å²) < 4.78 is 0.